The average molecular weight is 404 g/mol. The van der Waals surface area contributed by atoms with Gasteiger partial charge in [-0.1, -0.05) is 48.5 Å². The van der Waals surface area contributed by atoms with Crippen molar-refractivity contribution in [1.82, 2.24) is 15.2 Å². The Morgan fingerprint density at radius 2 is 1.68 bits per heavy atom. The third-order valence-corrected chi connectivity index (χ3v) is 5.18. The summed E-state index contributed by atoms with van der Waals surface area (Å²) in [5, 5.41) is 27.7. The van der Waals surface area contributed by atoms with Gasteiger partial charge < -0.3 is 10.2 Å². The molecule has 0 spiro atoms. The Morgan fingerprint density at radius 1 is 1.14 bits per heavy atom. The Kier molecular flexibility index (Phi) is 6.28. The Labute approximate surface area is 170 Å². The number of aromatic hydroxyl groups is 1. The number of phenols is 1. The van der Waals surface area contributed by atoms with Crippen molar-refractivity contribution in [3.63, 3.8) is 0 Å². The standard InChI is InChI=1S/C21H29N3O3S/c1-8-16-22-19(24-23-16)28-15(18(26)27)11-12-9-13(20(2,3)4)17(25)14(10-12)21(5,6)7/h9-11,25H,8H2,1-7H3,(H,26,27)(H,22,23,24)/b15-11-. The molecule has 0 fully saturated rings. The quantitative estimate of drug-likeness (QED) is 0.486. The highest BCUT2D eigenvalue weighted by Gasteiger charge is 2.26. The number of nitrogens with one attached hydrogen (secondary N) is 1. The predicted molar refractivity (Wildman–Crippen MR) is 113 cm³/mol. The number of aromatic nitrogens is 3. The van der Waals surface area contributed by atoms with Gasteiger partial charge in [0.1, 0.15) is 16.5 Å². The van der Waals surface area contributed by atoms with Crippen molar-refractivity contribution in [2.75, 3.05) is 0 Å². The number of aromatic amines is 1. The van der Waals surface area contributed by atoms with E-state index in [0.717, 1.165) is 28.5 Å². The second-order valence-electron chi connectivity index (χ2n) is 8.80. The van der Waals surface area contributed by atoms with Gasteiger partial charge in [0.15, 0.2) is 0 Å². The predicted octanol–water partition coefficient (Wildman–Crippen LogP) is 4.89. The topological polar surface area (TPSA) is 99.1 Å². The normalized spacial score (nSPS) is 13.0. The van der Waals surface area contributed by atoms with Crippen LogP contribution in [0.3, 0.4) is 0 Å². The molecule has 1 aromatic carbocycles. The molecule has 3 N–H and O–H groups in total. The first-order valence-corrected chi connectivity index (χ1v) is 10.1. The fourth-order valence-electron chi connectivity index (χ4n) is 2.75. The lowest BCUT2D eigenvalue weighted by atomic mass is 9.78. The van der Waals surface area contributed by atoms with Gasteiger partial charge in [-0.2, -0.15) is 0 Å². The maximum absolute atomic E-state index is 11.8. The van der Waals surface area contributed by atoms with Crippen molar-refractivity contribution in [3.8, 4) is 5.75 Å². The van der Waals surface area contributed by atoms with E-state index in [2.05, 4.69) is 15.2 Å². The lowest BCUT2D eigenvalue weighted by Crippen LogP contribution is -2.17. The molecule has 0 unspecified atom stereocenters. The van der Waals surface area contributed by atoms with Crippen molar-refractivity contribution >= 4 is 23.8 Å². The van der Waals surface area contributed by atoms with Crippen LogP contribution in [-0.2, 0) is 22.0 Å². The fourth-order valence-corrected chi connectivity index (χ4v) is 3.48. The van der Waals surface area contributed by atoms with E-state index in [1.54, 1.807) is 6.08 Å². The summed E-state index contributed by atoms with van der Waals surface area (Å²) in [5.41, 5.74) is 1.72. The Hall–Kier alpha value is -2.28. The maximum atomic E-state index is 11.8. The maximum Gasteiger partial charge on any atom is 0.342 e. The summed E-state index contributed by atoms with van der Waals surface area (Å²) in [7, 11) is 0. The Morgan fingerprint density at radius 3 is 2.07 bits per heavy atom. The number of hydrogen-bond donors (Lipinski definition) is 3. The zero-order valence-electron chi connectivity index (χ0n) is 17.5. The van der Waals surface area contributed by atoms with Crippen LogP contribution in [0.1, 0.15) is 71.0 Å². The number of phenolic OH excluding ortho intramolecular Hbond substituents is 1. The minimum Gasteiger partial charge on any atom is -0.507 e. The molecule has 2 rings (SSSR count). The van der Waals surface area contributed by atoms with E-state index < -0.39 is 5.97 Å². The van der Waals surface area contributed by atoms with Gasteiger partial charge in [-0.25, -0.2) is 9.78 Å². The molecular formula is C21H29N3O3S. The van der Waals surface area contributed by atoms with Crippen molar-refractivity contribution in [3.05, 3.63) is 39.6 Å². The van der Waals surface area contributed by atoms with E-state index in [1.807, 2.05) is 60.6 Å². The first kappa shape index (κ1) is 22.0. The van der Waals surface area contributed by atoms with Gasteiger partial charge in [0.05, 0.1) is 0 Å². The molecule has 7 heteroatoms. The zero-order valence-corrected chi connectivity index (χ0v) is 18.4. The summed E-state index contributed by atoms with van der Waals surface area (Å²) in [6.45, 7) is 14.1. The van der Waals surface area contributed by atoms with Crippen LogP contribution >= 0.6 is 11.8 Å². The number of nitrogens with zero attached hydrogens (tertiary/aromatic N) is 2. The van der Waals surface area contributed by atoms with E-state index in [1.165, 1.54) is 0 Å². The highest BCUT2D eigenvalue weighted by Crippen LogP contribution is 2.40. The number of carboxylic acid groups (broad SMARTS) is 1. The Bertz CT molecular complexity index is 867. The molecule has 0 aliphatic rings. The van der Waals surface area contributed by atoms with Crippen LogP contribution in [0.15, 0.2) is 22.2 Å². The van der Waals surface area contributed by atoms with Crippen molar-refractivity contribution in [2.45, 2.75) is 70.9 Å². The minimum atomic E-state index is -1.05. The van der Waals surface area contributed by atoms with Gasteiger partial charge in [0.25, 0.3) is 0 Å². The van der Waals surface area contributed by atoms with Gasteiger partial charge >= 0.3 is 5.97 Å². The molecule has 28 heavy (non-hydrogen) atoms. The molecule has 0 amide bonds. The summed E-state index contributed by atoms with van der Waals surface area (Å²) in [6, 6.07) is 3.70. The third kappa shape index (κ3) is 5.16. The van der Waals surface area contributed by atoms with Crippen molar-refractivity contribution < 1.29 is 15.0 Å². The highest BCUT2D eigenvalue weighted by atomic mass is 32.2. The lowest BCUT2D eigenvalue weighted by Gasteiger charge is -2.28. The number of H-pyrrole nitrogens is 1. The highest BCUT2D eigenvalue weighted by molar-refractivity contribution is 8.04. The molecule has 0 bridgehead atoms. The monoisotopic (exact) mass is 403 g/mol. The van der Waals surface area contributed by atoms with E-state index >= 15 is 0 Å². The minimum absolute atomic E-state index is 0.118. The van der Waals surface area contributed by atoms with Crippen LogP contribution < -0.4 is 0 Å². The second-order valence-corrected chi connectivity index (χ2v) is 9.81. The van der Waals surface area contributed by atoms with Crippen LogP contribution in [0.2, 0.25) is 0 Å². The van der Waals surface area contributed by atoms with Crippen LogP contribution in [0, 0.1) is 0 Å². The second kappa shape index (κ2) is 7.99. The molecule has 152 valence electrons. The molecule has 0 saturated carbocycles. The van der Waals surface area contributed by atoms with Gasteiger partial charge in [0, 0.05) is 17.5 Å². The van der Waals surface area contributed by atoms with E-state index in [9.17, 15) is 15.0 Å². The van der Waals surface area contributed by atoms with Gasteiger partial charge in [-0.05, 0) is 46.4 Å². The molecule has 0 atom stereocenters. The third-order valence-electron chi connectivity index (χ3n) is 4.30. The van der Waals surface area contributed by atoms with Gasteiger partial charge in [-0.15, -0.1) is 5.10 Å². The Balaban J connectivity index is 2.57. The molecule has 1 aromatic heterocycles. The van der Waals surface area contributed by atoms with Crippen LogP contribution in [0.5, 0.6) is 5.75 Å². The SMILES string of the molecule is CCc1nc(S/C(=C\c2cc(C(C)(C)C)c(O)c(C(C)(C)C)c2)C(=O)O)n[nH]1. The first-order valence-electron chi connectivity index (χ1n) is 9.25. The molecule has 2 aromatic rings. The number of rotatable bonds is 5. The number of benzene rings is 1. The van der Waals surface area contributed by atoms with E-state index in [-0.39, 0.29) is 21.5 Å². The molecule has 0 saturated heterocycles. The van der Waals surface area contributed by atoms with Crippen molar-refractivity contribution in [2.24, 2.45) is 0 Å². The molecular weight excluding hydrogens is 374 g/mol. The molecule has 0 radical (unpaired) electrons. The number of carboxylic acids is 1. The number of carbonyl (C=O) groups is 1. The van der Waals surface area contributed by atoms with Crippen LogP contribution in [0.25, 0.3) is 6.08 Å². The molecule has 0 aliphatic heterocycles. The summed E-state index contributed by atoms with van der Waals surface area (Å²) < 4.78 is 0. The fraction of sp³-hybridized carbons (Fsp3) is 0.476. The number of aryl methyl sites for hydroxylation is 1. The zero-order chi connectivity index (χ0) is 21.3. The molecule has 1 heterocycles. The smallest absolute Gasteiger partial charge is 0.342 e. The molecule has 6 nitrogen and oxygen atoms in total. The summed E-state index contributed by atoms with van der Waals surface area (Å²) >= 11 is 1.00. The number of aliphatic carboxylic acids is 1. The summed E-state index contributed by atoms with van der Waals surface area (Å²) in [5.74, 6) is -0.0688. The lowest BCUT2D eigenvalue weighted by molar-refractivity contribution is -0.131. The first-order chi connectivity index (χ1) is 12.8. The van der Waals surface area contributed by atoms with Gasteiger partial charge in [-0.3, -0.25) is 5.10 Å². The van der Waals surface area contributed by atoms with E-state index in [0.29, 0.717) is 17.4 Å². The number of thioether (sulfide) groups is 1. The summed E-state index contributed by atoms with van der Waals surface area (Å²) in [6.07, 6.45) is 2.31. The number of hydrogen-bond acceptors (Lipinski definition) is 5. The largest absolute Gasteiger partial charge is 0.507 e. The average Bonchev–Trinajstić information content (AvgIpc) is 3.01. The van der Waals surface area contributed by atoms with Crippen molar-refractivity contribution in [1.29, 1.82) is 0 Å². The van der Waals surface area contributed by atoms with E-state index in [4.69, 9.17) is 0 Å². The van der Waals surface area contributed by atoms with Crippen LogP contribution in [-0.4, -0.2) is 31.4 Å². The summed E-state index contributed by atoms with van der Waals surface area (Å²) in [4.78, 5) is 16.2. The van der Waals surface area contributed by atoms with Crippen LogP contribution in [0.4, 0.5) is 0 Å². The molecule has 0 aliphatic carbocycles. The van der Waals surface area contributed by atoms with Gasteiger partial charge in [0.2, 0.25) is 5.16 Å².